The number of allylic oxidation sites excluding steroid dienone is 4. The van der Waals surface area contributed by atoms with E-state index in [0.29, 0.717) is 0 Å². The van der Waals surface area contributed by atoms with Gasteiger partial charge in [0.25, 0.3) is 0 Å². The monoisotopic (exact) mass is 209 g/mol. The molecule has 0 aliphatic heterocycles. The SMILES string of the molecule is COC.Cc1csc(C2=CCC=C2)n1. The fourth-order valence-electron chi connectivity index (χ4n) is 1.10. The number of hydrogen-bond donors (Lipinski definition) is 0. The lowest BCUT2D eigenvalue weighted by Gasteiger charge is -1.89. The lowest BCUT2D eigenvalue weighted by atomic mass is 10.3. The zero-order chi connectivity index (χ0) is 10.4. The van der Waals surface area contributed by atoms with Crippen LogP contribution in [0.4, 0.5) is 0 Å². The average molecular weight is 209 g/mol. The molecule has 0 N–H and O–H groups in total. The molecule has 2 rings (SSSR count). The van der Waals surface area contributed by atoms with E-state index in [-0.39, 0.29) is 0 Å². The first-order valence-corrected chi connectivity index (χ1v) is 5.35. The van der Waals surface area contributed by atoms with Gasteiger partial charge < -0.3 is 4.74 Å². The highest BCUT2D eigenvalue weighted by Gasteiger charge is 2.04. The first-order chi connectivity index (χ1) is 6.77. The van der Waals surface area contributed by atoms with Crippen molar-refractivity contribution in [3.05, 3.63) is 34.3 Å². The molecule has 0 amide bonds. The maximum atomic E-state index is 4.39. The smallest absolute Gasteiger partial charge is 0.123 e. The minimum absolute atomic E-state index is 1.06. The Balaban J connectivity index is 0.000000293. The summed E-state index contributed by atoms with van der Waals surface area (Å²) < 4.78 is 4.25. The van der Waals surface area contributed by atoms with Crippen LogP contribution in [-0.2, 0) is 4.74 Å². The molecule has 1 aromatic rings. The molecular formula is C11H15NOS. The van der Waals surface area contributed by atoms with E-state index < -0.39 is 0 Å². The molecule has 14 heavy (non-hydrogen) atoms. The van der Waals surface area contributed by atoms with Crippen LogP contribution in [0.5, 0.6) is 0 Å². The second kappa shape index (κ2) is 5.73. The highest BCUT2D eigenvalue weighted by Crippen LogP contribution is 2.24. The summed E-state index contributed by atoms with van der Waals surface area (Å²) in [5.41, 5.74) is 2.40. The zero-order valence-electron chi connectivity index (χ0n) is 8.78. The largest absolute Gasteiger partial charge is 0.388 e. The number of rotatable bonds is 1. The Bertz CT molecular complexity index is 339. The number of nitrogens with zero attached hydrogens (tertiary/aromatic N) is 1. The van der Waals surface area contributed by atoms with Crippen molar-refractivity contribution in [2.24, 2.45) is 0 Å². The summed E-state index contributed by atoms with van der Waals surface area (Å²) in [6.45, 7) is 2.03. The minimum atomic E-state index is 1.06. The van der Waals surface area contributed by atoms with Crippen molar-refractivity contribution in [1.82, 2.24) is 4.98 Å². The third kappa shape index (κ3) is 3.09. The number of methoxy groups -OCH3 is 1. The van der Waals surface area contributed by atoms with E-state index in [1.807, 2.05) is 6.92 Å². The summed E-state index contributed by atoms with van der Waals surface area (Å²) in [6.07, 6.45) is 7.57. The quantitative estimate of drug-likeness (QED) is 0.709. The van der Waals surface area contributed by atoms with Crippen molar-refractivity contribution in [1.29, 1.82) is 0 Å². The van der Waals surface area contributed by atoms with Crippen molar-refractivity contribution in [2.75, 3.05) is 14.2 Å². The van der Waals surface area contributed by atoms with Gasteiger partial charge in [-0.2, -0.15) is 0 Å². The summed E-state index contributed by atoms with van der Waals surface area (Å²) in [5, 5.41) is 3.23. The van der Waals surface area contributed by atoms with Gasteiger partial charge in [0.15, 0.2) is 0 Å². The van der Waals surface area contributed by atoms with Crippen LogP contribution < -0.4 is 0 Å². The van der Waals surface area contributed by atoms with Gasteiger partial charge >= 0.3 is 0 Å². The molecular weight excluding hydrogens is 194 g/mol. The number of thiazole rings is 1. The van der Waals surface area contributed by atoms with Crippen LogP contribution in [0.2, 0.25) is 0 Å². The normalized spacial score (nSPS) is 13.5. The fraction of sp³-hybridized carbons (Fsp3) is 0.364. The number of ether oxygens (including phenoxy) is 1. The Hall–Kier alpha value is -0.930. The predicted molar refractivity (Wildman–Crippen MR) is 61.5 cm³/mol. The van der Waals surface area contributed by atoms with E-state index in [4.69, 9.17) is 0 Å². The Morgan fingerprint density at radius 3 is 2.57 bits per heavy atom. The third-order valence-corrected chi connectivity index (χ3v) is 2.65. The van der Waals surface area contributed by atoms with Crippen molar-refractivity contribution >= 4 is 16.9 Å². The van der Waals surface area contributed by atoms with Crippen LogP contribution in [0.1, 0.15) is 17.1 Å². The first-order valence-electron chi connectivity index (χ1n) is 4.47. The van der Waals surface area contributed by atoms with Gasteiger partial charge in [0.1, 0.15) is 5.01 Å². The molecule has 1 aliphatic carbocycles. The second-order valence-corrected chi connectivity index (χ2v) is 3.86. The maximum Gasteiger partial charge on any atom is 0.123 e. The molecule has 1 heterocycles. The Morgan fingerprint density at radius 1 is 1.43 bits per heavy atom. The van der Waals surface area contributed by atoms with Gasteiger partial charge in [-0.15, -0.1) is 11.3 Å². The van der Waals surface area contributed by atoms with E-state index in [9.17, 15) is 0 Å². The predicted octanol–water partition coefficient (Wildman–Crippen LogP) is 3.06. The van der Waals surface area contributed by atoms with Crippen LogP contribution in [0.25, 0.3) is 5.57 Å². The molecule has 76 valence electrons. The van der Waals surface area contributed by atoms with Gasteiger partial charge in [-0.05, 0) is 13.3 Å². The molecule has 0 radical (unpaired) electrons. The molecule has 2 nitrogen and oxygen atoms in total. The fourth-order valence-corrected chi connectivity index (χ4v) is 1.92. The van der Waals surface area contributed by atoms with E-state index in [2.05, 4.69) is 33.3 Å². The Morgan fingerprint density at radius 2 is 2.14 bits per heavy atom. The van der Waals surface area contributed by atoms with Crippen molar-refractivity contribution < 1.29 is 4.74 Å². The Labute approximate surface area is 88.9 Å². The molecule has 0 saturated heterocycles. The van der Waals surface area contributed by atoms with Crippen molar-refractivity contribution in [3.63, 3.8) is 0 Å². The highest BCUT2D eigenvalue weighted by molar-refractivity contribution is 7.10. The van der Waals surface area contributed by atoms with Crippen molar-refractivity contribution in [3.8, 4) is 0 Å². The van der Waals surface area contributed by atoms with Crippen LogP contribution >= 0.6 is 11.3 Å². The second-order valence-electron chi connectivity index (χ2n) is 3.00. The molecule has 0 atom stereocenters. The van der Waals surface area contributed by atoms with Gasteiger partial charge in [0.2, 0.25) is 0 Å². The number of aryl methyl sites for hydroxylation is 1. The third-order valence-electron chi connectivity index (χ3n) is 1.64. The molecule has 0 spiro atoms. The van der Waals surface area contributed by atoms with E-state index in [1.165, 1.54) is 5.57 Å². The van der Waals surface area contributed by atoms with E-state index in [0.717, 1.165) is 17.1 Å². The molecule has 1 aliphatic rings. The van der Waals surface area contributed by atoms with Crippen LogP contribution in [0, 0.1) is 6.92 Å². The van der Waals surface area contributed by atoms with Crippen LogP contribution in [-0.4, -0.2) is 19.2 Å². The number of hydrogen-bond acceptors (Lipinski definition) is 3. The van der Waals surface area contributed by atoms with Gasteiger partial charge in [0.05, 0.1) is 0 Å². The summed E-state index contributed by atoms with van der Waals surface area (Å²) in [4.78, 5) is 4.39. The van der Waals surface area contributed by atoms with Gasteiger partial charge in [-0.25, -0.2) is 4.98 Å². The minimum Gasteiger partial charge on any atom is -0.388 e. The topological polar surface area (TPSA) is 22.1 Å². The van der Waals surface area contributed by atoms with Crippen molar-refractivity contribution in [2.45, 2.75) is 13.3 Å². The standard InChI is InChI=1S/C9H9NS.C2H6O/c1-7-6-11-9(10-7)8-4-2-3-5-8;1-3-2/h2,4-6H,3H2,1H3;1-2H3. The summed E-state index contributed by atoms with van der Waals surface area (Å²) in [5.74, 6) is 0. The molecule has 0 bridgehead atoms. The molecule has 3 heteroatoms. The first kappa shape index (κ1) is 11.1. The van der Waals surface area contributed by atoms with E-state index in [1.54, 1.807) is 25.6 Å². The average Bonchev–Trinajstić information content (AvgIpc) is 2.74. The molecule has 0 unspecified atom stereocenters. The maximum absolute atomic E-state index is 4.39. The van der Waals surface area contributed by atoms with Gasteiger partial charge in [-0.3, -0.25) is 0 Å². The van der Waals surface area contributed by atoms with E-state index >= 15 is 0 Å². The zero-order valence-corrected chi connectivity index (χ0v) is 9.60. The van der Waals surface area contributed by atoms with Crippen LogP contribution in [0.15, 0.2) is 23.6 Å². The molecule has 0 aromatic carbocycles. The lowest BCUT2D eigenvalue weighted by Crippen LogP contribution is -1.76. The highest BCUT2D eigenvalue weighted by atomic mass is 32.1. The molecule has 0 saturated carbocycles. The Kier molecular flexibility index (Phi) is 4.56. The number of aromatic nitrogens is 1. The van der Waals surface area contributed by atoms with Gasteiger partial charge in [0, 0.05) is 30.9 Å². The summed E-state index contributed by atoms with van der Waals surface area (Å²) >= 11 is 1.72. The molecule has 0 fully saturated rings. The van der Waals surface area contributed by atoms with Gasteiger partial charge in [-0.1, -0.05) is 18.2 Å². The molecule has 1 aromatic heterocycles. The van der Waals surface area contributed by atoms with Crippen LogP contribution in [0.3, 0.4) is 0 Å². The lowest BCUT2D eigenvalue weighted by molar-refractivity contribution is 0.277. The summed E-state index contributed by atoms with van der Waals surface area (Å²) in [6, 6.07) is 0. The summed E-state index contributed by atoms with van der Waals surface area (Å²) in [7, 11) is 3.25.